The SMILES string of the molecule is N#Cc1cccc(C(F)F)c1O. The molecule has 1 rings (SSSR count). The maximum atomic E-state index is 12.1. The molecule has 0 amide bonds. The van der Waals surface area contributed by atoms with Crippen molar-refractivity contribution >= 4 is 0 Å². The third kappa shape index (κ3) is 1.35. The van der Waals surface area contributed by atoms with Crippen molar-refractivity contribution in [3.63, 3.8) is 0 Å². The van der Waals surface area contributed by atoms with E-state index in [-0.39, 0.29) is 5.56 Å². The normalized spacial score (nSPS) is 9.83. The minimum Gasteiger partial charge on any atom is -0.506 e. The highest BCUT2D eigenvalue weighted by Gasteiger charge is 2.14. The molecule has 0 spiro atoms. The first-order chi connectivity index (χ1) is 5.66. The average Bonchev–Trinajstić information content (AvgIpc) is 2.04. The molecule has 62 valence electrons. The maximum absolute atomic E-state index is 12.1. The minimum atomic E-state index is -2.75. The number of hydrogen-bond acceptors (Lipinski definition) is 2. The van der Waals surface area contributed by atoms with Crippen molar-refractivity contribution in [3.05, 3.63) is 29.3 Å². The minimum absolute atomic E-state index is 0.132. The van der Waals surface area contributed by atoms with Crippen molar-refractivity contribution in [2.24, 2.45) is 0 Å². The molecule has 0 aromatic heterocycles. The van der Waals surface area contributed by atoms with Crippen LogP contribution in [0.15, 0.2) is 18.2 Å². The van der Waals surface area contributed by atoms with Crippen LogP contribution in [0.5, 0.6) is 5.75 Å². The van der Waals surface area contributed by atoms with Gasteiger partial charge in [0.1, 0.15) is 11.8 Å². The standard InChI is InChI=1S/C8H5F2NO/c9-8(10)6-3-1-2-5(4-11)7(6)12/h1-3,8,12H. The Morgan fingerprint density at radius 3 is 2.58 bits per heavy atom. The lowest BCUT2D eigenvalue weighted by Crippen LogP contribution is -1.87. The first-order valence-corrected chi connectivity index (χ1v) is 3.17. The summed E-state index contributed by atoms with van der Waals surface area (Å²) in [7, 11) is 0. The number of para-hydroxylation sites is 1. The molecular formula is C8H5F2NO. The van der Waals surface area contributed by atoms with Gasteiger partial charge in [-0.25, -0.2) is 8.78 Å². The Morgan fingerprint density at radius 1 is 1.42 bits per heavy atom. The molecule has 0 radical (unpaired) electrons. The Kier molecular flexibility index (Phi) is 2.24. The van der Waals surface area contributed by atoms with Crippen molar-refractivity contribution in [2.45, 2.75) is 6.43 Å². The molecule has 4 heteroatoms. The van der Waals surface area contributed by atoms with Crippen molar-refractivity contribution in [1.82, 2.24) is 0 Å². The lowest BCUT2D eigenvalue weighted by atomic mass is 10.1. The lowest BCUT2D eigenvalue weighted by molar-refractivity contribution is 0.147. The molecule has 0 fully saturated rings. The summed E-state index contributed by atoms with van der Waals surface area (Å²) in [5.74, 6) is -0.630. The number of hydrogen-bond donors (Lipinski definition) is 1. The predicted molar refractivity (Wildman–Crippen MR) is 37.8 cm³/mol. The second-order valence-electron chi connectivity index (χ2n) is 2.16. The van der Waals surface area contributed by atoms with Crippen LogP contribution in [0.3, 0.4) is 0 Å². The molecule has 1 aromatic carbocycles. The van der Waals surface area contributed by atoms with Gasteiger partial charge in [-0.3, -0.25) is 0 Å². The number of phenols is 1. The Morgan fingerprint density at radius 2 is 2.08 bits per heavy atom. The molecule has 0 aliphatic rings. The van der Waals surface area contributed by atoms with Crippen molar-refractivity contribution in [3.8, 4) is 11.8 Å². The largest absolute Gasteiger partial charge is 0.506 e. The van der Waals surface area contributed by atoms with Crippen LogP contribution in [0.25, 0.3) is 0 Å². The van der Waals surface area contributed by atoms with Gasteiger partial charge >= 0.3 is 0 Å². The number of nitrogens with zero attached hydrogens (tertiary/aromatic N) is 1. The van der Waals surface area contributed by atoms with E-state index in [1.165, 1.54) is 12.1 Å². The van der Waals surface area contributed by atoms with Crippen molar-refractivity contribution < 1.29 is 13.9 Å². The molecule has 0 atom stereocenters. The van der Waals surface area contributed by atoms with Crippen molar-refractivity contribution in [1.29, 1.82) is 5.26 Å². The molecule has 12 heavy (non-hydrogen) atoms. The van der Waals surface area contributed by atoms with Crippen LogP contribution in [0, 0.1) is 11.3 Å². The summed E-state index contributed by atoms with van der Waals surface area (Å²) in [6.07, 6.45) is -2.75. The van der Waals surface area contributed by atoms with Gasteiger partial charge < -0.3 is 5.11 Å². The molecular weight excluding hydrogens is 164 g/mol. The van der Waals surface area contributed by atoms with E-state index in [9.17, 15) is 8.78 Å². The van der Waals surface area contributed by atoms with Crippen LogP contribution in [-0.2, 0) is 0 Å². The molecule has 1 N–H and O–H groups in total. The zero-order chi connectivity index (χ0) is 9.14. The van der Waals surface area contributed by atoms with Gasteiger partial charge in [-0.15, -0.1) is 0 Å². The molecule has 2 nitrogen and oxygen atoms in total. The van der Waals surface area contributed by atoms with Crippen molar-refractivity contribution in [2.75, 3.05) is 0 Å². The van der Waals surface area contributed by atoms with Gasteiger partial charge in [0.25, 0.3) is 6.43 Å². The number of alkyl halides is 2. The molecule has 0 heterocycles. The number of aromatic hydroxyl groups is 1. The van der Waals surface area contributed by atoms with Gasteiger partial charge in [-0.2, -0.15) is 5.26 Å². The Labute approximate surface area is 67.7 Å². The quantitative estimate of drug-likeness (QED) is 0.700. The van der Waals surface area contributed by atoms with E-state index in [4.69, 9.17) is 10.4 Å². The Bertz CT molecular complexity index is 330. The zero-order valence-electron chi connectivity index (χ0n) is 5.96. The number of halogens is 2. The van der Waals surface area contributed by atoms with Crippen LogP contribution >= 0.6 is 0 Å². The molecule has 0 bridgehead atoms. The highest BCUT2D eigenvalue weighted by Crippen LogP contribution is 2.30. The summed E-state index contributed by atoms with van der Waals surface area (Å²) in [6.45, 7) is 0. The topological polar surface area (TPSA) is 44.0 Å². The van der Waals surface area contributed by atoms with E-state index in [1.807, 2.05) is 0 Å². The summed E-state index contributed by atoms with van der Waals surface area (Å²) in [5, 5.41) is 17.4. The van der Waals surface area contributed by atoms with Crippen LogP contribution in [0.2, 0.25) is 0 Å². The number of phenolic OH excluding ortho intramolecular Hbond substituents is 1. The zero-order valence-corrected chi connectivity index (χ0v) is 5.96. The predicted octanol–water partition coefficient (Wildman–Crippen LogP) is 2.20. The second kappa shape index (κ2) is 3.18. The molecule has 0 unspecified atom stereocenters. The van der Waals surface area contributed by atoms with E-state index in [1.54, 1.807) is 6.07 Å². The van der Waals surface area contributed by atoms with E-state index in [0.717, 1.165) is 6.07 Å². The van der Waals surface area contributed by atoms with Crippen LogP contribution in [0.4, 0.5) is 8.78 Å². The van der Waals surface area contributed by atoms with Crippen LogP contribution < -0.4 is 0 Å². The molecule has 0 aliphatic carbocycles. The smallest absolute Gasteiger partial charge is 0.267 e. The summed E-state index contributed by atoms with van der Waals surface area (Å²) < 4.78 is 24.1. The van der Waals surface area contributed by atoms with E-state index < -0.39 is 17.7 Å². The monoisotopic (exact) mass is 169 g/mol. The van der Waals surface area contributed by atoms with E-state index >= 15 is 0 Å². The van der Waals surface area contributed by atoms with Crippen LogP contribution in [-0.4, -0.2) is 5.11 Å². The third-order valence-corrected chi connectivity index (χ3v) is 1.42. The fraction of sp³-hybridized carbons (Fsp3) is 0.125. The summed E-state index contributed by atoms with van der Waals surface area (Å²) in [4.78, 5) is 0. The van der Waals surface area contributed by atoms with Crippen LogP contribution in [0.1, 0.15) is 17.6 Å². The highest BCUT2D eigenvalue weighted by atomic mass is 19.3. The molecule has 1 aromatic rings. The summed E-state index contributed by atoms with van der Waals surface area (Å²) >= 11 is 0. The van der Waals surface area contributed by atoms with Gasteiger partial charge in [0, 0.05) is 0 Å². The fourth-order valence-corrected chi connectivity index (χ4v) is 0.828. The van der Waals surface area contributed by atoms with Gasteiger partial charge in [-0.1, -0.05) is 6.07 Å². The number of benzene rings is 1. The van der Waals surface area contributed by atoms with Gasteiger partial charge in [0.2, 0.25) is 0 Å². The first kappa shape index (κ1) is 8.47. The lowest BCUT2D eigenvalue weighted by Gasteiger charge is -2.02. The van der Waals surface area contributed by atoms with Gasteiger partial charge in [0.15, 0.2) is 0 Å². The number of rotatable bonds is 1. The average molecular weight is 169 g/mol. The van der Waals surface area contributed by atoms with Gasteiger partial charge in [-0.05, 0) is 12.1 Å². The fourth-order valence-electron chi connectivity index (χ4n) is 0.828. The molecule has 0 saturated heterocycles. The van der Waals surface area contributed by atoms with E-state index in [2.05, 4.69) is 0 Å². The number of nitriles is 1. The van der Waals surface area contributed by atoms with Gasteiger partial charge in [0.05, 0.1) is 11.1 Å². The third-order valence-electron chi connectivity index (χ3n) is 1.42. The highest BCUT2D eigenvalue weighted by molar-refractivity contribution is 5.47. The molecule has 0 aliphatic heterocycles. The second-order valence-corrected chi connectivity index (χ2v) is 2.16. The van der Waals surface area contributed by atoms with E-state index in [0.29, 0.717) is 0 Å². The summed E-state index contributed by atoms with van der Waals surface area (Å²) in [6, 6.07) is 5.28. The molecule has 0 saturated carbocycles. The Balaban J connectivity index is 3.25. The Hall–Kier alpha value is -1.63. The maximum Gasteiger partial charge on any atom is 0.267 e. The first-order valence-electron chi connectivity index (χ1n) is 3.17. The summed E-state index contributed by atoms with van der Waals surface area (Å²) in [5.41, 5.74) is -0.637.